The first kappa shape index (κ1) is 17.7. The summed E-state index contributed by atoms with van der Waals surface area (Å²) >= 11 is 0. The van der Waals surface area contributed by atoms with Crippen LogP contribution in [0.15, 0.2) is 0 Å². The van der Waals surface area contributed by atoms with E-state index in [4.69, 9.17) is 0 Å². The van der Waals surface area contributed by atoms with Gasteiger partial charge >= 0.3 is 6.18 Å². The van der Waals surface area contributed by atoms with Crippen molar-refractivity contribution in [2.24, 2.45) is 0 Å². The zero-order valence-electron chi connectivity index (χ0n) is 12.7. The first-order valence-corrected chi connectivity index (χ1v) is 7.61. The molecule has 0 amide bonds. The lowest BCUT2D eigenvalue weighted by molar-refractivity contribution is -0.149. The summed E-state index contributed by atoms with van der Waals surface area (Å²) in [5, 5.41) is 3.38. The number of nitrogens with one attached hydrogen (secondary N) is 1. The minimum atomic E-state index is -4.06. The van der Waals surface area contributed by atoms with E-state index in [2.05, 4.69) is 24.1 Å². The van der Waals surface area contributed by atoms with Crippen molar-refractivity contribution >= 4 is 0 Å². The number of unbranched alkanes of at least 4 members (excludes halogenated alkanes) is 2. The molecule has 1 aliphatic rings. The average Bonchev–Trinajstić information content (AvgIpc) is 2.33. The third-order valence-corrected chi connectivity index (χ3v) is 3.57. The fraction of sp³-hybridized carbons (Fsp3) is 1.00. The number of hydrogen-bond donors (Lipinski definition) is 1. The van der Waals surface area contributed by atoms with Gasteiger partial charge in [0.15, 0.2) is 0 Å². The van der Waals surface area contributed by atoms with Crippen LogP contribution in [0.4, 0.5) is 13.2 Å². The van der Waals surface area contributed by atoms with Crippen LogP contribution in [0.1, 0.15) is 33.1 Å². The summed E-state index contributed by atoms with van der Waals surface area (Å²) in [6.07, 6.45) is -0.570. The zero-order valence-corrected chi connectivity index (χ0v) is 12.7. The van der Waals surface area contributed by atoms with E-state index in [1.807, 2.05) is 0 Å². The van der Waals surface area contributed by atoms with Crippen molar-refractivity contribution in [3.8, 4) is 0 Å². The molecule has 1 heterocycles. The Morgan fingerprint density at radius 3 is 2.10 bits per heavy atom. The standard InChI is InChI=1S/C14H28F3N3/c1-13(2)18-6-4-3-5-7-19-8-10-20(11-9-19)12-14(15,16)17/h13,18H,3-12H2,1-2H3. The quantitative estimate of drug-likeness (QED) is 0.693. The fourth-order valence-electron chi connectivity index (χ4n) is 2.45. The Morgan fingerprint density at radius 1 is 0.950 bits per heavy atom. The van der Waals surface area contributed by atoms with Crippen molar-refractivity contribution in [2.75, 3.05) is 45.8 Å². The average molecular weight is 295 g/mol. The van der Waals surface area contributed by atoms with Gasteiger partial charge in [-0.05, 0) is 25.9 Å². The molecule has 1 N–H and O–H groups in total. The molecule has 3 nitrogen and oxygen atoms in total. The molecule has 0 aromatic carbocycles. The van der Waals surface area contributed by atoms with Crippen molar-refractivity contribution in [1.82, 2.24) is 15.1 Å². The molecule has 20 heavy (non-hydrogen) atoms. The molecule has 0 bridgehead atoms. The van der Waals surface area contributed by atoms with E-state index in [-0.39, 0.29) is 0 Å². The van der Waals surface area contributed by atoms with Gasteiger partial charge in [-0.25, -0.2) is 0 Å². The van der Waals surface area contributed by atoms with Gasteiger partial charge in [-0.3, -0.25) is 4.90 Å². The molecule has 0 aromatic heterocycles. The van der Waals surface area contributed by atoms with E-state index in [1.54, 1.807) is 0 Å². The second-order valence-electron chi connectivity index (χ2n) is 5.90. The molecule has 1 aliphatic heterocycles. The number of nitrogens with zero attached hydrogens (tertiary/aromatic N) is 2. The summed E-state index contributed by atoms with van der Waals surface area (Å²) in [4.78, 5) is 3.78. The number of halogens is 3. The van der Waals surface area contributed by atoms with E-state index in [9.17, 15) is 13.2 Å². The monoisotopic (exact) mass is 295 g/mol. The van der Waals surface area contributed by atoms with Gasteiger partial charge in [-0.2, -0.15) is 13.2 Å². The second-order valence-corrected chi connectivity index (χ2v) is 5.90. The number of hydrogen-bond acceptors (Lipinski definition) is 3. The Hall–Kier alpha value is -0.330. The smallest absolute Gasteiger partial charge is 0.315 e. The highest BCUT2D eigenvalue weighted by molar-refractivity contribution is 4.73. The molecule has 120 valence electrons. The lowest BCUT2D eigenvalue weighted by Gasteiger charge is -2.34. The highest BCUT2D eigenvalue weighted by Crippen LogP contribution is 2.17. The van der Waals surface area contributed by atoms with Gasteiger partial charge in [-0.15, -0.1) is 0 Å². The Kier molecular flexibility index (Phi) is 7.84. The topological polar surface area (TPSA) is 18.5 Å². The van der Waals surface area contributed by atoms with Crippen LogP contribution in [-0.2, 0) is 0 Å². The Morgan fingerprint density at radius 2 is 1.55 bits per heavy atom. The minimum absolute atomic E-state index is 0.536. The largest absolute Gasteiger partial charge is 0.401 e. The maximum Gasteiger partial charge on any atom is 0.401 e. The van der Waals surface area contributed by atoms with Gasteiger partial charge in [0.1, 0.15) is 0 Å². The SMILES string of the molecule is CC(C)NCCCCCN1CCN(CC(F)(F)F)CC1. The third kappa shape index (κ3) is 8.76. The molecule has 1 saturated heterocycles. The van der Waals surface area contributed by atoms with Gasteiger partial charge in [-0.1, -0.05) is 20.3 Å². The zero-order chi connectivity index (χ0) is 15.0. The molecule has 6 heteroatoms. The van der Waals surface area contributed by atoms with Gasteiger partial charge in [0.2, 0.25) is 0 Å². The van der Waals surface area contributed by atoms with Crippen molar-refractivity contribution in [3.05, 3.63) is 0 Å². The maximum atomic E-state index is 12.3. The van der Waals surface area contributed by atoms with Gasteiger partial charge in [0, 0.05) is 32.2 Å². The lowest BCUT2D eigenvalue weighted by Crippen LogP contribution is -2.49. The molecule has 1 rings (SSSR count). The normalized spacial score (nSPS) is 18.9. The summed E-state index contributed by atoms with van der Waals surface area (Å²) in [5.41, 5.74) is 0. The number of alkyl halides is 3. The summed E-state index contributed by atoms with van der Waals surface area (Å²) in [5.74, 6) is 0. The van der Waals surface area contributed by atoms with Gasteiger partial charge < -0.3 is 10.2 Å². The second kappa shape index (κ2) is 8.85. The first-order valence-electron chi connectivity index (χ1n) is 7.61. The molecule has 0 spiro atoms. The van der Waals surface area contributed by atoms with Crippen molar-refractivity contribution in [1.29, 1.82) is 0 Å². The molecular weight excluding hydrogens is 267 g/mol. The summed E-state index contributed by atoms with van der Waals surface area (Å²) in [6, 6.07) is 0.539. The molecule has 0 aliphatic carbocycles. The molecule has 1 fully saturated rings. The maximum absolute atomic E-state index is 12.3. The molecule has 0 atom stereocenters. The predicted molar refractivity (Wildman–Crippen MR) is 75.9 cm³/mol. The summed E-state index contributed by atoms with van der Waals surface area (Å²) in [6.45, 7) is 8.19. The van der Waals surface area contributed by atoms with Gasteiger partial charge in [0.05, 0.1) is 6.54 Å². The van der Waals surface area contributed by atoms with Crippen LogP contribution in [0, 0.1) is 0 Å². The van der Waals surface area contributed by atoms with E-state index in [0.717, 1.165) is 32.6 Å². The Labute approximate surface area is 120 Å². The van der Waals surface area contributed by atoms with E-state index < -0.39 is 12.7 Å². The fourth-order valence-corrected chi connectivity index (χ4v) is 2.45. The van der Waals surface area contributed by atoms with Crippen LogP contribution in [0.25, 0.3) is 0 Å². The van der Waals surface area contributed by atoms with Crippen LogP contribution >= 0.6 is 0 Å². The number of piperazine rings is 1. The van der Waals surface area contributed by atoms with E-state index >= 15 is 0 Å². The lowest BCUT2D eigenvalue weighted by atomic mass is 10.2. The van der Waals surface area contributed by atoms with Crippen LogP contribution in [0.3, 0.4) is 0 Å². The highest BCUT2D eigenvalue weighted by atomic mass is 19.4. The number of rotatable bonds is 8. The van der Waals surface area contributed by atoms with Crippen molar-refractivity contribution in [3.63, 3.8) is 0 Å². The first-order chi connectivity index (χ1) is 9.37. The molecule has 0 aromatic rings. The Bertz CT molecular complexity index is 249. The van der Waals surface area contributed by atoms with E-state index in [0.29, 0.717) is 19.1 Å². The summed E-state index contributed by atoms with van der Waals surface area (Å²) in [7, 11) is 0. The highest BCUT2D eigenvalue weighted by Gasteiger charge is 2.31. The van der Waals surface area contributed by atoms with Crippen LogP contribution in [0.2, 0.25) is 0 Å². The Balaban J connectivity index is 2.00. The molecule has 0 radical (unpaired) electrons. The molecule has 0 saturated carbocycles. The van der Waals surface area contributed by atoms with Crippen LogP contribution in [0.5, 0.6) is 0 Å². The van der Waals surface area contributed by atoms with Crippen molar-refractivity contribution in [2.45, 2.75) is 45.3 Å². The summed E-state index contributed by atoms with van der Waals surface area (Å²) < 4.78 is 36.8. The van der Waals surface area contributed by atoms with Crippen LogP contribution in [-0.4, -0.2) is 67.8 Å². The van der Waals surface area contributed by atoms with E-state index in [1.165, 1.54) is 17.7 Å². The predicted octanol–water partition coefficient (Wildman–Crippen LogP) is 2.33. The van der Waals surface area contributed by atoms with Crippen molar-refractivity contribution < 1.29 is 13.2 Å². The minimum Gasteiger partial charge on any atom is -0.315 e. The third-order valence-electron chi connectivity index (χ3n) is 3.57. The van der Waals surface area contributed by atoms with Gasteiger partial charge in [0.25, 0.3) is 0 Å². The molecular formula is C14H28F3N3. The molecule has 0 unspecified atom stereocenters. The van der Waals surface area contributed by atoms with Crippen LogP contribution < -0.4 is 5.32 Å².